The van der Waals surface area contributed by atoms with Gasteiger partial charge in [0.15, 0.2) is 11.5 Å². The lowest BCUT2D eigenvalue weighted by Crippen LogP contribution is -2.33. The van der Waals surface area contributed by atoms with Crippen LogP contribution in [0.1, 0.15) is 5.56 Å². The number of rotatable bonds is 7. The van der Waals surface area contributed by atoms with E-state index in [1.807, 2.05) is 36.4 Å². The Labute approximate surface area is 142 Å². The maximum absolute atomic E-state index is 12.4. The molecule has 0 fully saturated rings. The van der Waals surface area contributed by atoms with Gasteiger partial charge >= 0.3 is 6.09 Å². The first-order valence-corrected chi connectivity index (χ1v) is 7.51. The minimum atomic E-state index is -0.434. The molecule has 126 valence electrons. The fraction of sp³-hybridized carbons (Fsp3) is 0.211. The van der Waals surface area contributed by atoms with E-state index in [1.165, 1.54) is 0 Å². The Bertz CT molecular complexity index is 685. The van der Waals surface area contributed by atoms with Crippen molar-refractivity contribution in [3.63, 3.8) is 0 Å². The lowest BCUT2D eigenvalue weighted by molar-refractivity contribution is 0.155. The average molecular weight is 327 g/mol. The van der Waals surface area contributed by atoms with Gasteiger partial charge in [-0.05, 0) is 29.8 Å². The lowest BCUT2D eigenvalue weighted by atomic mass is 10.2. The smallest absolute Gasteiger partial charge is 0.415 e. The molecule has 2 aromatic carbocycles. The maximum Gasteiger partial charge on any atom is 0.415 e. The van der Waals surface area contributed by atoms with E-state index in [9.17, 15) is 4.79 Å². The normalized spacial score (nSPS) is 9.92. The molecule has 0 atom stereocenters. The second-order valence-corrected chi connectivity index (χ2v) is 5.04. The third kappa shape index (κ3) is 4.52. The molecule has 0 radical (unpaired) electrons. The molecule has 0 heterocycles. The summed E-state index contributed by atoms with van der Waals surface area (Å²) in [5.74, 6) is 1.76. The van der Waals surface area contributed by atoms with E-state index in [2.05, 4.69) is 6.58 Å². The first-order chi connectivity index (χ1) is 11.7. The number of amides is 1. The molecule has 2 aromatic rings. The van der Waals surface area contributed by atoms with Gasteiger partial charge in [0.25, 0.3) is 0 Å². The Morgan fingerprint density at radius 2 is 1.79 bits per heavy atom. The van der Waals surface area contributed by atoms with Crippen molar-refractivity contribution >= 4 is 6.09 Å². The van der Waals surface area contributed by atoms with Crippen LogP contribution in [0.25, 0.3) is 0 Å². The molecular formula is C19H21NO4. The molecule has 0 unspecified atom stereocenters. The molecule has 0 aliphatic carbocycles. The molecule has 1 amide bonds. The predicted octanol–water partition coefficient (Wildman–Crippen LogP) is 3.89. The topological polar surface area (TPSA) is 48.0 Å². The van der Waals surface area contributed by atoms with Gasteiger partial charge in [-0.15, -0.1) is 6.58 Å². The number of hydrogen-bond acceptors (Lipinski definition) is 4. The molecular weight excluding hydrogens is 306 g/mol. The fourth-order valence-corrected chi connectivity index (χ4v) is 2.21. The molecule has 0 bridgehead atoms. The molecule has 0 N–H and O–H groups in total. The SMILES string of the molecule is C=CCN(Cc1ccc(OC)c(OC)c1)C(=O)Oc1ccccc1. The van der Waals surface area contributed by atoms with Crippen LogP contribution < -0.4 is 14.2 Å². The van der Waals surface area contributed by atoms with Crippen LogP contribution in [0.4, 0.5) is 4.79 Å². The van der Waals surface area contributed by atoms with E-state index >= 15 is 0 Å². The third-order valence-corrected chi connectivity index (χ3v) is 3.38. The first-order valence-electron chi connectivity index (χ1n) is 7.51. The quantitative estimate of drug-likeness (QED) is 0.724. The molecule has 5 nitrogen and oxygen atoms in total. The summed E-state index contributed by atoms with van der Waals surface area (Å²) in [5, 5.41) is 0. The molecule has 0 saturated heterocycles. The van der Waals surface area contributed by atoms with Gasteiger partial charge in [-0.25, -0.2) is 4.79 Å². The van der Waals surface area contributed by atoms with Crippen LogP contribution in [0, 0.1) is 0 Å². The minimum absolute atomic E-state index is 0.373. The van der Waals surface area contributed by atoms with Gasteiger partial charge < -0.3 is 14.2 Å². The highest BCUT2D eigenvalue weighted by molar-refractivity contribution is 5.71. The zero-order valence-electron chi connectivity index (χ0n) is 13.9. The van der Waals surface area contributed by atoms with Gasteiger partial charge in [0.2, 0.25) is 0 Å². The Morgan fingerprint density at radius 1 is 1.08 bits per heavy atom. The van der Waals surface area contributed by atoms with Crippen LogP contribution in [0.15, 0.2) is 61.2 Å². The van der Waals surface area contributed by atoms with Crippen LogP contribution in [0.5, 0.6) is 17.2 Å². The van der Waals surface area contributed by atoms with Crippen molar-refractivity contribution in [1.82, 2.24) is 4.90 Å². The molecule has 5 heteroatoms. The van der Waals surface area contributed by atoms with Crippen molar-refractivity contribution < 1.29 is 19.0 Å². The Kier molecular flexibility index (Phi) is 6.25. The Hall–Kier alpha value is -2.95. The highest BCUT2D eigenvalue weighted by Crippen LogP contribution is 2.28. The van der Waals surface area contributed by atoms with Crippen LogP contribution in [0.3, 0.4) is 0 Å². The number of para-hydroxylation sites is 1. The van der Waals surface area contributed by atoms with Gasteiger partial charge in [-0.1, -0.05) is 30.3 Å². The number of methoxy groups -OCH3 is 2. The molecule has 0 aliphatic rings. The molecule has 0 saturated carbocycles. The Balaban J connectivity index is 2.13. The second kappa shape index (κ2) is 8.62. The zero-order chi connectivity index (χ0) is 17.4. The van der Waals surface area contributed by atoms with E-state index in [4.69, 9.17) is 14.2 Å². The van der Waals surface area contributed by atoms with Crippen molar-refractivity contribution in [1.29, 1.82) is 0 Å². The van der Waals surface area contributed by atoms with Crippen molar-refractivity contribution in [2.24, 2.45) is 0 Å². The first kappa shape index (κ1) is 17.4. The van der Waals surface area contributed by atoms with E-state index < -0.39 is 6.09 Å². The van der Waals surface area contributed by atoms with Gasteiger partial charge in [-0.2, -0.15) is 0 Å². The highest BCUT2D eigenvalue weighted by Gasteiger charge is 2.16. The maximum atomic E-state index is 12.4. The zero-order valence-corrected chi connectivity index (χ0v) is 13.9. The highest BCUT2D eigenvalue weighted by atomic mass is 16.6. The monoisotopic (exact) mass is 327 g/mol. The summed E-state index contributed by atoms with van der Waals surface area (Å²) in [6.45, 7) is 4.45. The average Bonchev–Trinajstić information content (AvgIpc) is 2.62. The van der Waals surface area contributed by atoms with E-state index in [0.717, 1.165) is 5.56 Å². The Morgan fingerprint density at radius 3 is 2.42 bits per heavy atom. The summed E-state index contributed by atoms with van der Waals surface area (Å²) in [5.41, 5.74) is 0.902. The summed E-state index contributed by atoms with van der Waals surface area (Å²) >= 11 is 0. The summed E-state index contributed by atoms with van der Waals surface area (Å²) in [6.07, 6.45) is 1.23. The molecule has 24 heavy (non-hydrogen) atoms. The summed E-state index contributed by atoms with van der Waals surface area (Å²) in [6, 6.07) is 14.5. The number of hydrogen-bond donors (Lipinski definition) is 0. The van der Waals surface area contributed by atoms with Gasteiger partial charge in [-0.3, -0.25) is 4.90 Å². The van der Waals surface area contributed by atoms with Crippen molar-refractivity contribution in [2.75, 3.05) is 20.8 Å². The minimum Gasteiger partial charge on any atom is -0.493 e. The van der Waals surface area contributed by atoms with E-state index in [1.54, 1.807) is 37.3 Å². The largest absolute Gasteiger partial charge is 0.493 e. The second-order valence-electron chi connectivity index (χ2n) is 5.04. The number of nitrogens with zero attached hydrogens (tertiary/aromatic N) is 1. The molecule has 0 spiro atoms. The third-order valence-electron chi connectivity index (χ3n) is 3.38. The summed E-state index contributed by atoms with van der Waals surface area (Å²) in [4.78, 5) is 13.9. The van der Waals surface area contributed by atoms with Gasteiger partial charge in [0, 0.05) is 13.1 Å². The number of carbonyl (C=O) groups excluding carboxylic acids is 1. The van der Waals surface area contributed by atoms with Crippen molar-refractivity contribution in [3.05, 3.63) is 66.7 Å². The van der Waals surface area contributed by atoms with E-state index in [0.29, 0.717) is 30.3 Å². The van der Waals surface area contributed by atoms with E-state index in [-0.39, 0.29) is 0 Å². The molecule has 2 rings (SSSR count). The van der Waals surface area contributed by atoms with Crippen LogP contribution in [-0.4, -0.2) is 31.8 Å². The predicted molar refractivity (Wildman–Crippen MR) is 92.6 cm³/mol. The standard InChI is InChI=1S/C19H21NO4/c1-4-12-20(19(21)24-16-8-6-5-7-9-16)14-15-10-11-17(22-2)18(13-15)23-3/h4-11,13H,1,12,14H2,2-3H3. The number of carbonyl (C=O) groups is 1. The fourth-order valence-electron chi connectivity index (χ4n) is 2.21. The molecule has 0 aliphatic heterocycles. The van der Waals surface area contributed by atoms with Gasteiger partial charge in [0.05, 0.1) is 14.2 Å². The molecule has 0 aromatic heterocycles. The van der Waals surface area contributed by atoms with Crippen LogP contribution in [0.2, 0.25) is 0 Å². The lowest BCUT2D eigenvalue weighted by Gasteiger charge is -2.21. The van der Waals surface area contributed by atoms with Crippen molar-refractivity contribution in [2.45, 2.75) is 6.54 Å². The van der Waals surface area contributed by atoms with Crippen LogP contribution in [-0.2, 0) is 6.54 Å². The number of benzene rings is 2. The number of ether oxygens (including phenoxy) is 3. The van der Waals surface area contributed by atoms with Gasteiger partial charge in [0.1, 0.15) is 5.75 Å². The van der Waals surface area contributed by atoms with Crippen LogP contribution >= 0.6 is 0 Å². The summed E-state index contributed by atoms with van der Waals surface area (Å²) < 4.78 is 15.9. The summed E-state index contributed by atoms with van der Waals surface area (Å²) in [7, 11) is 3.16. The van der Waals surface area contributed by atoms with Crippen molar-refractivity contribution in [3.8, 4) is 17.2 Å².